The largest absolute Gasteiger partial charge is 0.450 e. The molecule has 0 spiro atoms. The molecule has 0 aliphatic rings. The van der Waals surface area contributed by atoms with Crippen molar-refractivity contribution in [3.05, 3.63) is 35.8 Å². The third kappa shape index (κ3) is 2.53. The van der Waals surface area contributed by atoms with Crippen LogP contribution in [-0.4, -0.2) is 11.8 Å². The van der Waals surface area contributed by atoms with Crippen molar-refractivity contribution in [3.8, 4) is 0 Å². The summed E-state index contributed by atoms with van der Waals surface area (Å²) < 4.78 is 18.6. The smallest absolute Gasteiger partial charge is 0.198 e. The Hall–Kier alpha value is -1.68. The molecule has 17 heavy (non-hydrogen) atoms. The van der Waals surface area contributed by atoms with Crippen molar-refractivity contribution in [2.24, 2.45) is 5.73 Å². The molecule has 0 aliphatic heterocycles. The molecule has 0 bridgehead atoms. The standard InChI is InChI=1S/C13H14FNO2/c1-8(15)5-6-11(16)12-7-9-3-2-4-10(14)13(9)17-12/h2-4,7-8H,5-6,15H2,1H3. The second-order valence-corrected chi connectivity index (χ2v) is 4.21. The monoisotopic (exact) mass is 235 g/mol. The van der Waals surface area contributed by atoms with Gasteiger partial charge in [-0.25, -0.2) is 4.39 Å². The average Bonchev–Trinajstić information content (AvgIpc) is 2.71. The SMILES string of the molecule is CC(N)CCC(=O)c1cc2cccc(F)c2o1. The summed E-state index contributed by atoms with van der Waals surface area (Å²) in [5.41, 5.74) is 5.71. The highest BCUT2D eigenvalue weighted by atomic mass is 19.1. The number of hydrogen-bond donors (Lipinski definition) is 1. The summed E-state index contributed by atoms with van der Waals surface area (Å²) in [6.07, 6.45) is 0.914. The van der Waals surface area contributed by atoms with E-state index in [1.807, 2.05) is 6.92 Å². The second-order valence-electron chi connectivity index (χ2n) is 4.21. The minimum Gasteiger partial charge on any atom is -0.450 e. The number of para-hydroxylation sites is 1. The van der Waals surface area contributed by atoms with E-state index in [2.05, 4.69) is 0 Å². The van der Waals surface area contributed by atoms with Gasteiger partial charge in [0.15, 0.2) is 22.9 Å². The first-order chi connectivity index (χ1) is 8.08. The molecule has 2 aromatic rings. The van der Waals surface area contributed by atoms with E-state index in [-0.39, 0.29) is 23.2 Å². The Morgan fingerprint density at radius 2 is 2.29 bits per heavy atom. The molecule has 0 saturated heterocycles. The van der Waals surface area contributed by atoms with E-state index in [9.17, 15) is 9.18 Å². The van der Waals surface area contributed by atoms with Crippen LogP contribution in [0.4, 0.5) is 4.39 Å². The van der Waals surface area contributed by atoms with Crippen LogP contribution >= 0.6 is 0 Å². The number of fused-ring (bicyclic) bond motifs is 1. The third-order valence-electron chi connectivity index (χ3n) is 2.60. The summed E-state index contributed by atoms with van der Waals surface area (Å²) in [7, 11) is 0. The Bertz CT molecular complexity index is 545. The molecule has 1 atom stereocenters. The van der Waals surface area contributed by atoms with Crippen LogP contribution in [0.5, 0.6) is 0 Å². The van der Waals surface area contributed by atoms with Crippen molar-refractivity contribution >= 4 is 16.8 Å². The summed E-state index contributed by atoms with van der Waals surface area (Å²) >= 11 is 0. The minimum atomic E-state index is -0.450. The number of hydrogen-bond acceptors (Lipinski definition) is 3. The number of furan rings is 1. The molecule has 0 fully saturated rings. The van der Waals surface area contributed by atoms with Crippen LogP contribution in [0.2, 0.25) is 0 Å². The van der Waals surface area contributed by atoms with E-state index in [4.69, 9.17) is 10.2 Å². The van der Waals surface area contributed by atoms with Crippen LogP contribution in [0.15, 0.2) is 28.7 Å². The molecular formula is C13H14FNO2. The van der Waals surface area contributed by atoms with Gasteiger partial charge >= 0.3 is 0 Å². The fraction of sp³-hybridized carbons (Fsp3) is 0.308. The van der Waals surface area contributed by atoms with E-state index in [1.54, 1.807) is 18.2 Å². The van der Waals surface area contributed by atoms with Gasteiger partial charge in [0.05, 0.1) is 0 Å². The lowest BCUT2D eigenvalue weighted by atomic mass is 10.1. The van der Waals surface area contributed by atoms with Gasteiger partial charge in [-0.2, -0.15) is 0 Å². The predicted molar refractivity (Wildman–Crippen MR) is 63.4 cm³/mol. The molecule has 1 heterocycles. The van der Waals surface area contributed by atoms with Crippen LogP contribution in [0.1, 0.15) is 30.3 Å². The zero-order valence-corrected chi connectivity index (χ0v) is 9.57. The highest BCUT2D eigenvalue weighted by molar-refractivity contribution is 5.97. The number of Topliss-reactive ketones (excluding diaryl/α,β-unsaturated/α-hetero) is 1. The van der Waals surface area contributed by atoms with E-state index >= 15 is 0 Å². The topological polar surface area (TPSA) is 56.2 Å². The average molecular weight is 235 g/mol. The second kappa shape index (κ2) is 4.67. The number of nitrogens with two attached hydrogens (primary N) is 1. The Labute approximate surface area is 98.4 Å². The molecule has 1 unspecified atom stereocenters. The Morgan fingerprint density at radius 1 is 1.53 bits per heavy atom. The fourth-order valence-corrected chi connectivity index (χ4v) is 1.65. The molecule has 4 heteroatoms. The van der Waals surface area contributed by atoms with Crippen molar-refractivity contribution in [3.63, 3.8) is 0 Å². The molecule has 1 aromatic heterocycles. The van der Waals surface area contributed by atoms with Gasteiger partial charge in [-0.15, -0.1) is 0 Å². The maximum absolute atomic E-state index is 13.4. The first-order valence-corrected chi connectivity index (χ1v) is 5.55. The van der Waals surface area contributed by atoms with Gasteiger partial charge in [0, 0.05) is 17.8 Å². The Balaban J connectivity index is 2.24. The van der Waals surface area contributed by atoms with E-state index in [0.717, 1.165) is 0 Å². The Morgan fingerprint density at radius 3 is 2.94 bits per heavy atom. The zero-order chi connectivity index (χ0) is 12.4. The van der Waals surface area contributed by atoms with E-state index < -0.39 is 5.82 Å². The fourth-order valence-electron chi connectivity index (χ4n) is 1.65. The third-order valence-corrected chi connectivity index (χ3v) is 2.60. The molecule has 2 rings (SSSR count). The van der Waals surface area contributed by atoms with Gasteiger partial charge in [0.1, 0.15) is 0 Å². The maximum Gasteiger partial charge on any atom is 0.198 e. The summed E-state index contributed by atoms with van der Waals surface area (Å²) in [5.74, 6) is -0.391. The van der Waals surface area contributed by atoms with Gasteiger partial charge in [-0.05, 0) is 25.5 Å². The number of benzene rings is 1. The van der Waals surface area contributed by atoms with Crippen LogP contribution in [0.3, 0.4) is 0 Å². The molecule has 1 aromatic carbocycles. The number of carbonyl (C=O) groups excluding carboxylic acids is 1. The first kappa shape index (κ1) is 11.8. The summed E-state index contributed by atoms with van der Waals surface area (Å²) in [5, 5.41) is 0.606. The summed E-state index contributed by atoms with van der Waals surface area (Å²) in [6, 6.07) is 6.15. The quantitative estimate of drug-likeness (QED) is 0.829. The van der Waals surface area contributed by atoms with Gasteiger partial charge in [0.25, 0.3) is 0 Å². The van der Waals surface area contributed by atoms with Gasteiger partial charge in [-0.3, -0.25) is 4.79 Å². The molecular weight excluding hydrogens is 221 g/mol. The van der Waals surface area contributed by atoms with Crippen molar-refractivity contribution < 1.29 is 13.6 Å². The zero-order valence-electron chi connectivity index (χ0n) is 9.57. The summed E-state index contributed by atoms with van der Waals surface area (Å²) in [6.45, 7) is 1.84. The lowest BCUT2D eigenvalue weighted by Crippen LogP contribution is -2.16. The maximum atomic E-state index is 13.4. The normalized spacial score (nSPS) is 12.9. The number of carbonyl (C=O) groups is 1. The molecule has 2 N–H and O–H groups in total. The summed E-state index contributed by atoms with van der Waals surface area (Å²) in [4.78, 5) is 11.8. The van der Waals surface area contributed by atoms with Crippen LogP contribution in [0.25, 0.3) is 11.0 Å². The predicted octanol–water partition coefficient (Wildman–Crippen LogP) is 2.88. The van der Waals surface area contributed by atoms with Crippen molar-refractivity contribution in [2.75, 3.05) is 0 Å². The molecule has 3 nitrogen and oxygen atoms in total. The molecule has 0 saturated carbocycles. The van der Waals surface area contributed by atoms with Crippen molar-refractivity contribution in [1.82, 2.24) is 0 Å². The molecule has 90 valence electrons. The van der Waals surface area contributed by atoms with Crippen LogP contribution in [0, 0.1) is 5.82 Å². The molecule has 0 amide bonds. The highest BCUT2D eigenvalue weighted by Crippen LogP contribution is 2.23. The molecule has 0 aliphatic carbocycles. The number of ketones is 1. The lowest BCUT2D eigenvalue weighted by Gasteiger charge is -2.01. The minimum absolute atomic E-state index is 0.0277. The number of halogens is 1. The first-order valence-electron chi connectivity index (χ1n) is 5.55. The number of rotatable bonds is 4. The van der Waals surface area contributed by atoms with E-state index in [0.29, 0.717) is 18.2 Å². The Kier molecular flexibility index (Phi) is 3.24. The van der Waals surface area contributed by atoms with Crippen molar-refractivity contribution in [2.45, 2.75) is 25.8 Å². The van der Waals surface area contributed by atoms with Crippen molar-refractivity contribution in [1.29, 1.82) is 0 Å². The van der Waals surface area contributed by atoms with Crippen LogP contribution in [-0.2, 0) is 0 Å². The van der Waals surface area contributed by atoms with Gasteiger partial charge in [0.2, 0.25) is 0 Å². The van der Waals surface area contributed by atoms with Gasteiger partial charge < -0.3 is 10.2 Å². The highest BCUT2D eigenvalue weighted by Gasteiger charge is 2.14. The molecule has 0 radical (unpaired) electrons. The lowest BCUT2D eigenvalue weighted by molar-refractivity contribution is 0.0953. The van der Waals surface area contributed by atoms with E-state index in [1.165, 1.54) is 6.07 Å². The van der Waals surface area contributed by atoms with Gasteiger partial charge in [-0.1, -0.05) is 12.1 Å². The van der Waals surface area contributed by atoms with Crippen LogP contribution < -0.4 is 5.73 Å².